The van der Waals surface area contributed by atoms with Crippen molar-refractivity contribution >= 4 is 27.2 Å². The minimum absolute atomic E-state index is 0.0434. The molecule has 0 aliphatic rings. The van der Waals surface area contributed by atoms with Gasteiger partial charge in [-0.3, -0.25) is 14.7 Å². The van der Waals surface area contributed by atoms with Gasteiger partial charge in [0.1, 0.15) is 10.6 Å². The minimum Gasteiger partial charge on any atom is -0.282 e. The van der Waals surface area contributed by atoms with Gasteiger partial charge in [0.25, 0.3) is 15.8 Å². The predicted molar refractivity (Wildman–Crippen MR) is 105 cm³/mol. The molecule has 150 valence electrons. The smallest absolute Gasteiger partial charge is 0.282 e. The van der Waals surface area contributed by atoms with Crippen LogP contribution >= 0.6 is 0 Å². The van der Waals surface area contributed by atoms with E-state index in [4.69, 9.17) is 0 Å². The first-order valence-corrected chi connectivity index (χ1v) is 9.83. The number of aryl methyl sites for hydroxylation is 1. The Labute approximate surface area is 166 Å². The highest BCUT2D eigenvalue weighted by atomic mass is 32.2. The summed E-state index contributed by atoms with van der Waals surface area (Å²) in [5, 5.41) is 23.7. The average Bonchev–Trinajstić information content (AvgIpc) is 2.94. The quantitative estimate of drug-likeness (QED) is 0.284. The summed E-state index contributed by atoms with van der Waals surface area (Å²) in [5.41, 5.74) is 2.03. The van der Waals surface area contributed by atoms with Crippen LogP contribution in [0.1, 0.15) is 17.0 Å². The van der Waals surface area contributed by atoms with E-state index in [0.717, 1.165) is 17.8 Å². The summed E-state index contributed by atoms with van der Waals surface area (Å²) in [6.07, 6.45) is 0. The lowest BCUT2D eigenvalue weighted by Gasteiger charge is -2.05. The second-order valence-corrected chi connectivity index (χ2v) is 7.68. The lowest BCUT2D eigenvalue weighted by Crippen LogP contribution is -2.02. The number of hydrogen-bond acceptors (Lipinski definition) is 7. The van der Waals surface area contributed by atoms with Crippen molar-refractivity contribution in [1.82, 2.24) is 9.78 Å². The Bertz CT molecular complexity index is 1230. The van der Waals surface area contributed by atoms with E-state index in [1.165, 1.54) is 6.92 Å². The monoisotopic (exact) mass is 415 g/mol. The second-order valence-electron chi connectivity index (χ2n) is 6.29. The molecule has 1 N–H and O–H groups in total. The largest absolute Gasteiger partial charge is 0.295 e. The number of rotatable bonds is 5. The third-order valence-electron chi connectivity index (χ3n) is 4.32. The summed E-state index contributed by atoms with van der Waals surface area (Å²) in [7, 11) is -4.67. The van der Waals surface area contributed by atoms with E-state index in [0.29, 0.717) is 17.1 Å². The molecule has 0 bridgehead atoms. The van der Waals surface area contributed by atoms with Crippen molar-refractivity contribution in [2.24, 2.45) is 10.2 Å². The van der Waals surface area contributed by atoms with Crippen LogP contribution in [-0.2, 0) is 10.1 Å². The molecule has 3 aromatic rings. The van der Waals surface area contributed by atoms with Gasteiger partial charge in [-0.05, 0) is 38.5 Å². The van der Waals surface area contributed by atoms with E-state index in [-0.39, 0.29) is 11.3 Å². The van der Waals surface area contributed by atoms with Gasteiger partial charge in [-0.1, -0.05) is 18.2 Å². The highest BCUT2D eigenvalue weighted by Gasteiger charge is 2.22. The maximum Gasteiger partial charge on any atom is 0.295 e. The van der Waals surface area contributed by atoms with Crippen molar-refractivity contribution in [1.29, 1.82) is 0 Å². The Morgan fingerprint density at radius 1 is 1.10 bits per heavy atom. The molecule has 0 atom stereocenters. The lowest BCUT2D eigenvalue weighted by molar-refractivity contribution is -0.385. The van der Waals surface area contributed by atoms with Crippen molar-refractivity contribution in [2.75, 3.05) is 0 Å². The van der Waals surface area contributed by atoms with Gasteiger partial charge in [0.05, 0.1) is 27.7 Å². The highest BCUT2D eigenvalue weighted by molar-refractivity contribution is 7.85. The summed E-state index contributed by atoms with van der Waals surface area (Å²) >= 11 is 0. The van der Waals surface area contributed by atoms with Crippen molar-refractivity contribution in [3.63, 3.8) is 0 Å². The first-order chi connectivity index (χ1) is 13.6. The molecule has 1 heterocycles. The van der Waals surface area contributed by atoms with E-state index >= 15 is 0 Å². The molecule has 0 aliphatic carbocycles. The van der Waals surface area contributed by atoms with Gasteiger partial charge >= 0.3 is 0 Å². The normalized spacial score (nSPS) is 11.9. The molecule has 1 aromatic heterocycles. The number of benzene rings is 2. The van der Waals surface area contributed by atoms with Crippen molar-refractivity contribution in [3.8, 4) is 5.69 Å². The average molecular weight is 415 g/mol. The van der Waals surface area contributed by atoms with Crippen LogP contribution in [0.4, 0.5) is 17.1 Å². The second kappa shape index (κ2) is 7.53. The van der Waals surface area contributed by atoms with Crippen LogP contribution in [0.3, 0.4) is 0 Å². The molecule has 0 unspecified atom stereocenters. The molecule has 10 nitrogen and oxygen atoms in total. The van der Waals surface area contributed by atoms with E-state index in [1.807, 2.05) is 30.3 Å². The summed E-state index contributed by atoms with van der Waals surface area (Å²) in [6, 6.07) is 11.3. The van der Waals surface area contributed by atoms with Crippen molar-refractivity contribution in [3.05, 3.63) is 69.5 Å². The van der Waals surface area contributed by atoms with Gasteiger partial charge < -0.3 is 0 Å². The molecule has 0 radical (unpaired) electrons. The molecule has 0 spiro atoms. The fourth-order valence-corrected chi connectivity index (χ4v) is 3.60. The van der Waals surface area contributed by atoms with Crippen molar-refractivity contribution in [2.45, 2.75) is 25.7 Å². The number of nitro benzene ring substituents is 1. The van der Waals surface area contributed by atoms with Crippen molar-refractivity contribution < 1.29 is 17.9 Å². The summed E-state index contributed by atoms with van der Waals surface area (Å²) in [4.78, 5) is 9.77. The molecular formula is C18H17N5O5S. The van der Waals surface area contributed by atoms with Crippen LogP contribution in [0.15, 0.2) is 57.6 Å². The molecule has 11 heteroatoms. The topological polar surface area (TPSA) is 140 Å². The summed E-state index contributed by atoms with van der Waals surface area (Å²) in [6.45, 7) is 4.92. The number of nitro groups is 1. The molecule has 0 saturated carbocycles. The van der Waals surface area contributed by atoms with E-state index < -0.39 is 25.6 Å². The van der Waals surface area contributed by atoms with E-state index in [1.54, 1.807) is 18.5 Å². The van der Waals surface area contributed by atoms with Crippen LogP contribution in [0.2, 0.25) is 0 Å². The Balaban J connectivity index is 2.11. The van der Waals surface area contributed by atoms with Crippen LogP contribution in [-0.4, -0.2) is 27.7 Å². The van der Waals surface area contributed by atoms with Gasteiger partial charge in [-0.25, -0.2) is 4.68 Å². The number of nitrogens with zero attached hydrogens (tertiary/aromatic N) is 5. The van der Waals surface area contributed by atoms with Gasteiger partial charge in [0, 0.05) is 12.1 Å². The predicted octanol–water partition coefficient (Wildman–Crippen LogP) is 4.37. The molecular weight excluding hydrogens is 398 g/mol. The Hall–Kier alpha value is -3.44. The third-order valence-corrected chi connectivity index (χ3v) is 5.30. The zero-order valence-electron chi connectivity index (χ0n) is 15.8. The van der Waals surface area contributed by atoms with E-state index in [9.17, 15) is 23.1 Å². The Morgan fingerprint density at radius 3 is 2.34 bits per heavy atom. The number of aromatic nitrogens is 2. The number of azo groups is 1. The van der Waals surface area contributed by atoms with E-state index in [2.05, 4.69) is 15.3 Å². The maximum absolute atomic E-state index is 11.6. The molecule has 0 fully saturated rings. The first-order valence-electron chi connectivity index (χ1n) is 8.39. The number of non-ortho nitro benzene ring substituents is 1. The zero-order chi connectivity index (χ0) is 21.3. The number of para-hydroxylation sites is 1. The minimum atomic E-state index is -4.67. The van der Waals surface area contributed by atoms with Crippen LogP contribution in [0, 0.1) is 30.9 Å². The Kier molecular flexibility index (Phi) is 5.27. The highest BCUT2D eigenvalue weighted by Crippen LogP contribution is 2.33. The fraction of sp³-hybridized carbons (Fsp3) is 0.167. The molecule has 29 heavy (non-hydrogen) atoms. The lowest BCUT2D eigenvalue weighted by atomic mass is 10.2. The SMILES string of the molecule is Cc1nn(-c2ccccc2)c(C)c1N=Nc1cc([N+](=O)[O-])cc(S(=O)(=O)O)c1C. The van der Waals surface area contributed by atoms with Crippen LogP contribution < -0.4 is 0 Å². The van der Waals surface area contributed by atoms with Gasteiger partial charge in [-0.2, -0.15) is 13.5 Å². The third kappa shape index (κ3) is 4.05. The van der Waals surface area contributed by atoms with Gasteiger partial charge in [-0.15, -0.1) is 10.2 Å². The van der Waals surface area contributed by atoms with Crippen LogP contribution in [0.25, 0.3) is 5.69 Å². The summed E-state index contributed by atoms with van der Waals surface area (Å²) in [5.74, 6) is 0. The van der Waals surface area contributed by atoms with Gasteiger partial charge in [0.2, 0.25) is 0 Å². The molecule has 3 rings (SSSR count). The molecule has 0 amide bonds. The molecule has 0 aliphatic heterocycles. The fourth-order valence-electron chi connectivity index (χ4n) is 2.84. The molecule has 0 saturated heterocycles. The summed E-state index contributed by atoms with van der Waals surface area (Å²) < 4.78 is 34.2. The molecule has 2 aromatic carbocycles. The maximum atomic E-state index is 11.6. The van der Waals surface area contributed by atoms with Crippen LogP contribution in [0.5, 0.6) is 0 Å². The Morgan fingerprint density at radius 2 is 1.76 bits per heavy atom. The standard InChI is InChI=1S/C18H17N5O5S/c1-11-16(9-15(23(24)25)10-17(11)29(26,27)28)19-20-18-12(2)21-22(13(18)3)14-7-5-4-6-8-14/h4-10H,1-3H3,(H,26,27,28). The first kappa shape index (κ1) is 20.3. The zero-order valence-corrected chi connectivity index (χ0v) is 16.6. The number of hydrogen-bond donors (Lipinski definition) is 1. The van der Waals surface area contributed by atoms with Gasteiger partial charge in [0.15, 0.2) is 0 Å².